The molecule has 0 saturated carbocycles. The molecule has 3 rings (SSSR count). The molecule has 0 aliphatic carbocycles. The van der Waals surface area contributed by atoms with Gasteiger partial charge in [-0.15, -0.1) is 0 Å². The van der Waals surface area contributed by atoms with Crippen molar-refractivity contribution in [2.45, 2.75) is 37.0 Å². The van der Waals surface area contributed by atoms with E-state index >= 15 is 0 Å². The average molecular weight is 462 g/mol. The number of halogens is 5. The van der Waals surface area contributed by atoms with Crippen molar-refractivity contribution in [3.8, 4) is 0 Å². The molecule has 5 nitrogen and oxygen atoms in total. The van der Waals surface area contributed by atoms with Crippen LogP contribution in [-0.4, -0.2) is 30.2 Å². The number of carbonyl (C=O) groups is 1. The molecule has 11 heteroatoms. The molecule has 1 amide bonds. The smallest absolute Gasteiger partial charge is 0.274 e. The minimum Gasteiger partial charge on any atom is -0.350 e. The first kappa shape index (κ1) is 23.5. The maximum absolute atomic E-state index is 13.8. The summed E-state index contributed by atoms with van der Waals surface area (Å²) in [6.07, 6.45) is 2.11. The van der Waals surface area contributed by atoms with Gasteiger partial charge in [-0.2, -0.15) is 0 Å². The number of amides is 1. The van der Waals surface area contributed by atoms with Crippen molar-refractivity contribution in [1.82, 2.24) is 9.79 Å². The molecule has 1 unspecified atom stereocenters. The molecule has 31 heavy (non-hydrogen) atoms. The molecule has 1 N–H and O–H groups in total. The number of hydroxylamine groups is 1. The van der Waals surface area contributed by atoms with Crippen LogP contribution in [0, 0.1) is 29.1 Å². The van der Waals surface area contributed by atoms with E-state index in [1.807, 2.05) is 0 Å². The molecule has 1 heterocycles. The second-order valence-corrected chi connectivity index (χ2v) is 8.03. The first-order valence-electron chi connectivity index (χ1n) is 9.35. The number of hydrogen-bond acceptors (Lipinski definition) is 5. The normalized spacial score (nSPS) is 16.5. The van der Waals surface area contributed by atoms with Crippen LogP contribution in [0.2, 0.25) is 0 Å². The van der Waals surface area contributed by atoms with Gasteiger partial charge in [0.15, 0.2) is 29.6 Å². The lowest BCUT2D eigenvalue weighted by Crippen LogP contribution is -2.33. The van der Waals surface area contributed by atoms with Crippen LogP contribution in [0.3, 0.4) is 0 Å². The van der Waals surface area contributed by atoms with E-state index in [0.717, 1.165) is 12.8 Å². The summed E-state index contributed by atoms with van der Waals surface area (Å²) in [7, 11) is 1.43. The largest absolute Gasteiger partial charge is 0.350 e. The number of nitrogens with zero attached hydrogens (tertiary/aromatic N) is 1. The van der Waals surface area contributed by atoms with Gasteiger partial charge in [0.25, 0.3) is 5.91 Å². The van der Waals surface area contributed by atoms with Crippen molar-refractivity contribution in [2.75, 3.05) is 13.7 Å². The van der Waals surface area contributed by atoms with E-state index in [9.17, 15) is 26.7 Å². The van der Waals surface area contributed by atoms with E-state index in [2.05, 4.69) is 5.48 Å². The summed E-state index contributed by atoms with van der Waals surface area (Å²) in [6.45, 7) is 0.685. The third kappa shape index (κ3) is 5.73. The van der Waals surface area contributed by atoms with Gasteiger partial charge in [-0.25, -0.2) is 36.6 Å². The summed E-state index contributed by atoms with van der Waals surface area (Å²) in [5.74, 6) is -10.4. The highest BCUT2D eigenvalue weighted by molar-refractivity contribution is 7.97. The van der Waals surface area contributed by atoms with Gasteiger partial charge in [0.1, 0.15) is 4.90 Å². The predicted octanol–water partition coefficient (Wildman–Crippen LogP) is 4.71. The number of benzene rings is 2. The highest BCUT2D eigenvalue weighted by Gasteiger charge is 2.27. The molecule has 1 aliphatic rings. The fourth-order valence-corrected chi connectivity index (χ4v) is 3.72. The summed E-state index contributed by atoms with van der Waals surface area (Å²) in [5, 5.41) is 0. The van der Waals surface area contributed by atoms with Crippen LogP contribution >= 0.6 is 11.9 Å². The van der Waals surface area contributed by atoms with Gasteiger partial charge in [0.05, 0.1) is 0 Å². The van der Waals surface area contributed by atoms with Gasteiger partial charge in [0.2, 0.25) is 5.82 Å². The lowest BCUT2D eigenvalue weighted by molar-refractivity contribution is -0.186. The second kappa shape index (κ2) is 10.4. The Bertz CT molecular complexity index is 910. The Labute approximate surface area is 179 Å². The fraction of sp³-hybridized carbons (Fsp3) is 0.350. The number of ether oxygens (including phenoxy) is 1. The van der Waals surface area contributed by atoms with Gasteiger partial charge >= 0.3 is 0 Å². The molecule has 1 atom stereocenters. The Morgan fingerprint density at radius 1 is 1.06 bits per heavy atom. The van der Waals surface area contributed by atoms with Crippen molar-refractivity contribution in [3.63, 3.8) is 0 Å². The highest BCUT2D eigenvalue weighted by Crippen LogP contribution is 2.33. The third-order valence-electron chi connectivity index (χ3n) is 4.46. The summed E-state index contributed by atoms with van der Waals surface area (Å²) < 4.78 is 74.1. The van der Waals surface area contributed by atoms with Crippen LogP contribution < -0.4 is 5.48 Å². The van der Waals surface area contributed by atoms with Crippen molar-refractivity contribution >= 4 is 17.9 Å². The molecule has 0 aromatic heterocycles. The Balaban J connectivity index is 1.58. The number of carbonyl (C=O) groups excluding carboxylic acids is 1. The minimum atomic E-state index is -2.20. The molecule has 1 fully saturated rings. The van der Waals surface area contributed by atoms with Crippen molar-refractivity contribution in [3.05, 3.63) is 64.5 Å². The summed E-state index contributed by atoms with van der Waals surface area (Å²) in [5.41, 5.74) is 3.29. The molecular formula is C20H19F5N2O3S. The highest BCUT2D eigenvalue weighted by atomic mass is 32.2. The summed E-state index contributed by atoms with van der Waals surface area (Å²) in [6, 6.07) is 6.24. The van der Waals surface area contributed by atoms with Crippen LogP contribution in [0.5, 0.6) is 0 Å². The average Bonchev–Trinajstić information content (AvgIpc) is 2.79. The van der Waals surface area contributed by atoms with Crippen molar-refractivity contribution in [1.29, 1.82) is 0 Å². The van der Waals surface area contributed by atoms with Gasteiger partial charge in [-0.05, 0) is 49.5 Å². The Hall–Kier alpha value is -2.21. The predicted molar refractivity (Wildman–Crippen MR) is 102 cm³/mol. The summed E-state index contributed by atoms with van der Waals surface area (Å²) in [4.78, 5) is 16.4. The van der Waals surface area contributed by atoms with E-state index < -0.39 is 46.2 Å². The van der Waals surface area contributed by atoms with Crippen LogP contribution in [-0.2, 0) is 16.1 Å². The van der Waals surface area contributed by atoms with E-state index in [1.165, 1.54) is 23.5 Å². The molecule has 2 aromatic carbocycles. The molecular weight excluding hydrogens is 443 g/mol. The minimum absolute atomic E-state index is 0.110. The van der Waals surface area contributed by atoms with Gasteiger partial charge < -0.3 is 4.74 Å². The quantitative estimate of drug-likeness (QED) is 0.212. The van der Waals surface area contributed by atoms with Gasteiger partial charge in [-0.1, -0.05) is 12.1 Å². The van der Waals surface area contributed by atoms with E-state index in [4.69, 9.17) is 9.57 Å². The van der Waals surface area contributed by atoms with Crippen LogP contribution in [0.1, 0.15) is 35.2 Å². The third-order valence-corrected chi connectivity index (χ3v) is 5.44. The number of rotatable bonds is 7. The van der Waals surface area contributed by atoms with Crippen molar-refractivity contribution in [2.24, 2.45) is 0 Å². The van der Waals surface area contributed by atoms with E-state index in [1.54, 1.807) is 12.1 Å². The zero-order valence-corrected chi connectivity index (χ0v) is 17.2. The molecule has 0 radical (unpaired) electrons. The Morgan fingerprint density at radius 3 is 2.26 bits per heavy atom. The standard InChI is InChI=1S/C20H19F5N2O3S/c1-27(31-19-17(24)15(22)14(21)16(23)18(19)25)10-11-5-7-12(8-6-11)20(28)26-30-13-4-2-3-9-29-13/h5-8,13H,2-4,9-10H2,1H3,(H,26,28). The zero-order valence-electron chi connectivity index (χ0n) is 16.4. The maximum Gasteiger partial charge on any atom is 0.274 e. The lowest BCUT2D eigenvalue weighted by atomic mass is 10.1. The lowest BCUT2D eigenvalue weighted by Gasteiger charge is -2.22. The number of hydrogen-bond donors (Lipinski definition) is 1. The molecule has 1 saturated heterocycles. The van der Waals surface area contributed by atoms with Crippen LogP contribution in [0.25, 0.3) is 0 Å². The zero-order chi connectivity index (χ0) is 22.5. The Morgan fingerprint density at radius 2 is 1.68 bits per heavy atom. The first-order valence-corrected chi connectivity index (χ1v) is 10.1. The molecule has 2 aromatic rings. The SMILES string of the molecule is CN(Cc1ccc(C(=O)NOC2CCCCO2)cc1)Sc1c(F)c(F)c(F)c(F)c1F. The van der Waals surface area contributed by atoms with Crippen LogP contribution in [0.15, 0.2) is 29.2 Å². The fourth-order valence-electron chi connectivity index (χ4n) is 2.85. The van der Waals surface area contributed by atoms with Gasteiger partial charge in [-0.3, -0.25) is 4.79 Å². The summed E-state index contributed by atoms with van der Waals surface area (Å²) >= 11 is 0.387. The molecule has 0 bridgehead atoms. The van der Waals surface area contributed by atoms with Crippen molar-refractivity contribution < 1.29 is 36.3 Å². The Kier molecular flexibility index (Phi) is 7.87. The van der Waals surface area contributed by atoms with E-state index in [-0.39, 0.29) is 6.54 Å². The molecule has 1 aliphatic heterocycles. The van der Waals surface area contributed by atoms with Crippen LogP contribution in [0.4, 0.5) is 22.0 Å². The van der Waals surface area contributed by atoms with Gasteiger partial charge in [0, 0.05) is 25.1 Å². The maximum atomic E-state index is 13.8. The monoisotopic (exact) mass is 462 g/mol. The molecule has 0 spiro atoms. The van der Waals surface area contributed by atoms with E-state index in [0.29, 0.717) is 36.1 Å². The first-order chi connectivity index (χ1) is 14.8. The number of nitrogens with one attached hydrogen (secondary N) is 1. The molecule has 168 valence electrons. The topological polar surface area (TPSA) is 50.8 Å². The second-order valence-electron chi connectivity index (χ2n) is 6.82.